The molecule has 0 aromatic heterocycles. The van der Waals surface area contributed by atoms with Gasteiger partial charge in [0.25, 0.3) is 11.8 Å². The molecule has 2 aromatic rings. The van der Waals surface area contributed by atoms with Crippen molar-refractivity contribution in [2.75, 3.05) is 59.3 Å². The number of ether oxygens (including phenoxy) is 2. The quantitative estimate of drug-likeness (QED) is 0.400. The maximum Gasteiger partial charge on any atom is 0.258 e. The van der Waals surface area contributed by atoms with Crippen molar-refractivity contribution in [1.29, 1.82) is 0 Å². The first-order valence-electron chi connectivity index (χ1n) is 16.1. The second-order valence-electron chi connectivity index (χ2n) is 12.5. The lowest BCUT2D eigenvalue weighted by Crippen LogP contribution is -2.48. The molecule has 1 aliphatic rings. The van der Waals surface area contributed by atoms with Crippen LogP contribution in [0.5, 0.6) is 5.75 Å². The second-order valence-corrected chi connectivity index (χ2v) is 12.5. The Kier molecular flexibility index (Phi) is 14.3. The van der Waals surface area contributed by atoms with Crippen molar-refractivity contribution in [3.8, 4) is 5.75 Å². The zero-order chi connectivity index (χ0) is 32.9. The van der Waals surface area contributed by atoms with Crippen molar-refractivity contribution in [2.45, 2.75) is 71.1 Å². The highest BCUT2D eigenvalue weighted by Gasteiger charge is 2.31. The molecule has 10 heteroatoms. The molecule has 0 saturated carbocycles. The van der Waals surface area contributed by atoms with Crippen LogP contribution in [0, 0.1) is 5.92 Å². The van der Waals surface area contributed by atoms with Crippen molar-refractivity contribution in [1.82, 2.24) is 14.7 Å². The maximum absolute atomic E-state index is 14.3. The van der Waals surface area contributed by atoms with Crippen LogP contribution in [-0.4, -0.2) is 110 Å². The third-order valence-electron chi connectivity index (χ3n) is 8.22. The van der Waals surface area contributed by atoms with Crippen LogP contribution in [0.25, 0.3) is 0 Å². The van der Waals surface area contributed by atoms with Crippen LogP contribution >= 0.6 is 0 Å². The standard InChI is InChI=1S/C35H52N4O6/c1-25-22-39(26(2)24-40)35(43)30-21-29(36-34(42)28-14-8-7-9-15-28)17-18-31(30)45-27(3)13-10-11-20-44-32(25)23-38(6)33(41)16-12-19-37(4)5/h7-9,14-15,17-18,21,25-27,32,40H,10-13,16,19-20,22-24H2,1-6H3,(H,36,42)/t25-,26+,27-,32-/m1/s1. The lowest BCUT2D eigenvalue weighted by molar-refractivity contribution is -0.132. The Bertz CT molecular complexity index is 1240. The summed E-state index contributed by atoms with van der Waals surface area (Å²) in [7, 11) is 5.79. The topological polar surface area (TPSA) is 112 Å². The average molecular weight is 625 g/mol. The van der Waals surface area contributed by atoms with Gasteiger partial charge < -0.3 is 34.6 Å². The zero-order valence-electron chi connectivity index (χ0n) is 27.8. The SMILES string of the molecule is C[C@@H]1CCCCO[C@H](CN(C)C(=O)CCCN(C)C)[C@H](C)CN([C@@H](C)CO)C(=O)c2cc(NC(=O)c3ccccc3)ccc2O1. The predicted molar refractivity (Wildman–Crippen MR) is 177 cm³/mol. The molecule has 1 heterocycles. The Morgan fingerprint density at radius 1 is 1.09 bits per heavy atom. The van der Waals surface area contributed by atoms with E-state index in [0.29, 0.717) is 48.7 Å². The van der Waals surface area contributed by atoms with E-state index >= 15 is 0 Å². The predicted octanol–water partition coefficient (Wildman–Crippen LogP) is 4.53. The summed E-state index contributed by atoms with van der Waals surface area (Å²) in [5.74, 6) is -0.250. The molecular formula is C35H52N4O6. The van der Waals surface area contributed by atoms with Crippen LogP contribution in [0.4, 0.5) is 5.69 Å². The molecule has 1 aliphatic heterocycles. The van der Waals surface area contributed by atoms with Crippen molar-refractivity contribution >= 4 is 23.4 Å². The van der Waals surface area contributed by atoms with E-state index in [4.69, 9.17) is 9.47 Å². The average Bonchev–Trinajstić information content (AvgIpc) is 3.02. The molecule has 45 heavy (non-hydrogen) atoms. The van der Waals surface area contributed by atoms with Crippen LogP contribution < -0.4 is 10.1 Å². The Morgan fingerprint density at radius 2 is 1.82 bits per heavy atom. The third-order valence-corrected chi connectivity index (χ3v) is 8.22. The van der Waals surface area contributed by atoms with Gasteiger partial charge in [0.1, 0.15) is 5.75 Å². The highest BCUT2D eigenvalue weighted by atomic mass is 16.5. The van der Waals surface area contributed by atoms with Gasteiger partial charge in [-0.05, 0) is 90.5 Å². The van der Waals surface area contributed by atoms with Crippen LogP contribution in [0.15, 0.2) is 48.5 Å². The molecule has 2 aromatic carbocycles. The number of benzene rings is 2. The van der Waals surface area contributed by atoms with E-state index in [1.165, 1.54) is 0 Å². The van der Waals surface area contributed by atoms with Gasteiger partial charge in [-0.15, -0.1) is 0 Å². The molecule has 0 spiro atoms. The molecule has 10 nitrogen and oxygen atoms in total. The lowest BCUT2D eigenvalue weighted by atomic mass is 10.0. The number of aliphatic hydroxyl groups is 1. The molecule has 0 aliphatic carbocycles. The fraction of sp³-hybridized carbons (Fsp3) is 0.571. The molecule has 248 valence electrons. The second kappa shape index (κ2) is 17.9. The molecule has 0 bridgehead atoms. The van der Waals surface area contributed by atoms with Gasteiger partial charge in [0.15, 0.2) is 0 Å². The molecule has 4 atom stereocenters. The first-order valence-corrected chi connectivity index (χ1v) is 16.1. The van der Waals surface area contributed by atoms with Crippen LogP contribution in [0.2, 0.25) is 0 Å². The number of amides is 3. The summed E-state index contributed by atoms with van der Waals surface area (Å²) in [5.41, 5.74) is 1.28. The van der Waals surface area contributed by atoms with Gasteiger partial charge >= 0.3 is 0 Å². The van der Waals surface area contributed by atoms with Gasteiger partial charge in [-0.3, -0.25) is 14.4 Å². The van der Waals surface area contributed by atoms with Crippen LogP contribution in [0.3, 0.4) is 0 Å². The highest BCUT2D eigenvalue weighted by molar-refractivity contribution is 6.05. The Hall–Kier alpha value is -3.47. The third kappa shape index (κ3) is 11.1. The Balaban J connectivity index is 1.89. The maximum atomic E-state index is 14.3. The minimum atomic E-state index is -0.494. The number of carbonyl (C=O) groups excluding carboxylic acids is 3. The number of carbonyl (C=O) groups is 3. The summed E-state index contributed by atoms with van der Waals surface area (Å²) in [6.07, 6.45) is 3.26. The van der Waals surface area contributed by atoms with E-state index in [1.54, 1.807) is 66.2 Å². The zero-order valence-corrected chi connectivity index (χ0v) is 27.8. The molecular weight excluding hydrogens is 572 g/mol. The summed E-state index contributed by atoms with van der Waals surface area (Å²) >= 11 is 0. The number of aliphatic hydroxyl groups excluding tert-OH is 1. The van der Waals surface area contributed by atoms with E-state index in [1.807, 2.05) is 34.0 Å². The molecule has 2 N–H and O–H groups in total. The summed E-state index contributed by atoms with van der Waals surface area (Å²) in [6, 6.07) is 13.5. The van der Waals surface area contributed by atoms with Crippen molar-refractivity contribution < 1.29 is 29.0 Å². The van der Waals surface area contributed by atoms with Gasteiger partial charge in [-0.2, -0.15) is 0 Å². The molecule has 0 fully saturated rings. The van der Waals surface area contributed by atoms with Gasteiger partial charge in [-0.25, -0.2) is 0 Å². The lowest BCUT2D eigenvalue weighted by Gasteiger charge is -2.36. The van der Waals surface area contributed by atoms with E-state index in [9.17, 15) is 19.5 Å². The molecule has 0 saturated heterocycles. The first kappa shape index (κ1) is 36.0. The van der Waals surface area contributed by atoms with Crippen molar-refractivity contribution in [3.63, 3.8) is 0 Å². The number of fused-ring (bicyclic) bond motifs is 1. The fourth-order valence-electron chi connectivity index (χ4n) is 5.36. The summed E-state index contributed by atoms with van der Waals surface area (Å²) < 4.78 is 12.7. The first-order chi connectivity index (χ1) is 21.5. The van der Waals surface area contributed by atoms with Crippen molar-refractivity contribution in [3.05, 3.63) is 59.7 Å². The highest BCUT2D eigenvalue weighted by Crippen LogP contribution is 2.29. The summed E-state index contributed by atoms with van der Waals surface area (Å²) in [6.45, 7) is 7.64. The largest absolute Gasteiger partial charge is 0.490 e. The van der Waals surface area contributed by atoms with Crippen LogP contribution in [0.1, 0.15) is 73.6 Å². The number of rotatable bonds is 10. The minimum Gasteiger partial charge on any atom is -0.490 e. The molecule has 0 unspecified atom stereocenters. The van der Waals surface area contributed by atoms with Gasteiger partial charge in [0, 0.05) is 50.3 Å². The van der Waals surface area contributed by atoms with E-state index in [0.717, 1.165) is 32.2 Å². The number of nitrogens with zero attached hydrogens (tertiary/aromatic N) is 3. The van der Waals surface area contributed by atoms with E-state index < -0.39 is 6.04 Å². The number of likely N-dealkylation sites (N-methyl/N-ethyl adjacent to an activating group) is 1. The number of hydrogen-bond donors (Lipinski definition) is 2. The molecule has 3 rings (SSSR count). The number of anilines is 1. The van der Waals surface area contributed by atoms with Crippen molar-refractivity contribution in [2.24, 2.45) is 5.92 Å². The summed E-state index contributed by atoms with van der Waals surface area (Å²) in [4.78, 5) is 45.5. The molecule has 0 radical (unpaired) electrons. The fourth-order valence-corrected chi connectivity index (χ4v) is 5.36. The van der Waals surface area contributed by atoms with E-state index in [-0.39, 0.29) is 42.5 Å². The van der Waals surface area contributed by atoms with Crippen LogP contribution in [-0.2, 0) is 9.53 Å². The Labute approximate surface area is 268 Å². The number of hydrogen-bond acceptors (Lipinski definition) is 7. The Morgan fingerprint density at radius 3 is 2.51 bits per heavy atom. The minimum absolute atomic E-state index is 0.0636. The smallest absolute Gasteiger partial charge is 0.258 e. The van der Waals surface area contributed by atoms with Gasteiger partial charge in [-0.1, -0.05) is 25.1 Å². The molecule has 3 amide bonds. The monoisotopic (exact) mass is 624 g/mol. The van der Waals surface area contributed by atoms with Gasteiger partial charge in [0.05, 0.1) is 30.4 Å². The normalized spacial score (nSPS) is 20.5. The van der Waals surface area contributed by atoms with E-state index in [2.05, 4.69) is 10.2 Å². The van der Waals surface area contributed by atoms with Gasteiger partial charge in [0.2, 0.25) is 5.91 Å². The summed E-state index contributed by atoms with van der Waals surface area (Å²) in [5, 5.41) is 13.1. The number of nitrogens with one attached hydrogen (secondary N) is 1.